The molecule has 0 bridgehead atoms. The van der Waals surface area contributed by atoms with Crippen LogP contribution in [0.2, 0.25) is 0 Å². The minimum absolute atomic E-state index is 0.106. The van der Waals surface area contributed by atoms with E-state index in [9.17, 15) is 9.59 Å². The van der Waals surface area contributed by atoms with Crippen LogP contribution in [-0.2, 0) is 14.3 Å². The van der Waals surface area contributed by atoms with E-state index in [1.54, 1.807) is 7.11 Å². The van der Waals surface area contributed by atoms with Crippen LogP contribution < -0.4 is 11.1 Å². The topological polar surface area (TPSA) is 102 Å². The average Bonchev–Trinajstić information content (AvgIpc) is 2.24. The highest BCUT2D eigenvalue weighted by Crippen LogP contribution is 2.03. The molecule has 0 aliphatic heterocycles. The average molecular weight is 246 g/mol. The Morgan fingerprint density at radius 1 is 1.41 bits per heavy atom. The fourth-order valence-corrected chi connectivity index (χ4v) is 1.28. The maximum Gasteiger partial charge on any atom is 0.303 e. The molecule has 0 fully saturated rings. The fraction of sp³-hybridized carbons (Fsp3) is 0.818. The van der Waals surface area contributed by atoms with Crippen molar-refractivity contribution in [1.29, 1.82) is 0 Å². The quantitative estimate of drug-likeness (QED) is 0.558. The molecule has 0 radical (unpaired) electrons. The summed E-state index contributed by atoms with van der Waals surface area (Å²) < 4.78 is 4.99. The van der Waals surface area contributed by atoms with Gasteiger partial charge in [0.2, 0.25) is 5.91 Å². The Bertz CT molecular complexity index is 256. The van der Waals surface area contributed by atoms with E-state index in [0.29, 0.717) is 6.61 Å². The van der Waals surface area contributed by atoms with Crippen molar-refractivity contribution < 1.29 is 19.4 Å². The maximum atomic E-state index is 11.7. The Labute approximate surface area is 102 Å². The zero-order chi connectivity index (χ0) is 13.4. The number of amides is 1. The molecule has 6 nitrogen and oxygen atoms in total. The normalized spacial score (nSPS) is 14.4. The predicted molar refractivity (Wildman–Crippen MR) is 63.5 cm³/mol. The molecule has 0 saturated carbocycles. The van der Waals surface area contributed by atoms with Gasteiger partial charge in [-0.15, -0.1) is 0 Å². The first-order chi connectivity index (χ1) is 7.88. The number of carboxylic acid groups (broad SMARTS) is 1. The molecule has 100 valence electrons. The Kier molecular flexibility index (Phi) is 7.49. The summed E-state index contributed by atoms with van der Waals surface area (Å²) in [6, 6.07) is -0.896. The van der Waals surface area contributed by atoms with Crippen LogP contribution in [-0.4, -0.2) is 42.8 Å². The standard InChI is InChI=1S/C11H22N2O4/c1-7(2)9(6-17-3)13-11(16)8(12)4-5-10(14)15/h7-9H,4-6,12H2,1-3H3,(H,13,16)(H,14,15). The van der Waals surface area contributed by atoms with Crippen molar-refractivity contribution in [3.05, 3.63) is 0 Å². The molecule has 6 heteroatoms. The van der Waals surface area contributed by atoms with Crippen molar-refractivity contribution in [2.75, 3.05) is 13.7 Å². The van der Waals surface area contributed by atoms with Crippen molar-refractivity contribution >= 4 is 11.9 Å². The van der Waals surface area contributed by atoms with Gasteiger partial charge in [0.1, 0.15) is 0 Å². The van der Waals surface area contributed by atoms with Gasteiger partial charge in [0.15, 0.2) is 0 Å². The van der Waals surface area contributed by atoms with E-state index in [4.69, 9.17) is 15.6 Å². The summed E-state index contributed by atoms with van der Waals surface area (Å²) in [5, 5.41) is 11.3. The zero-order valence-corrected chi connectivity index (χ0v) is 10.6. The lowest BCUT2D eigenvalue weighted by Gasteiger charge is -2.23. The molecule has 2 unspecified atom stereocenters. The van der Waals surface area contributed by atoms with Crippen molar-refractivity contribution in [1.82, 2.24) is 5.32 Å². The molecule has 0 rings (SSSR count). The van der Waals surface area contributed by atoms with Gasteiger partial charge >= 0.3 is 5.97 Å². The first kappa shape index (κ1) is 15.9. The summed E-state index contributed by atoms with van der Waals surface area (Å²) in [6.45, 7) is 4.34. The second-order valence-corrected chi connectivity index (χ2v) is 4.35. The van der Waals surface area contributed by atoms with Crippen molar-refractivity contribution in [3.8, 4) is 0 Å². The third kappa shape index (κ3) is 6.91. The third-order valence-electron chi connectivity index (χ3n) is 2.48. The Morgan fingerprint density at radius 2 is 2.00 bits per heavy atom. The van der Waals surface area contributed by atoms with Gasteiger partial charge in [-0.2, -0.15) is 0 Å². The van der Waals surface area contributed by atoms with Crippen LogP contribution in [0.5, 0.6) is 0 Å². The number of carbonyl (C=O) groups is 2. The molecule has 0 heterocycles. The predicted octanol–water partition coefficient (Wildman–Crippen LogP) is -0.0343. The molecule has 0 aromatic rings. The van der Waals surface area contributed by atoms with Gasteiger partial charge in [-0.05, 0) is 12.3 Å². The molecule has 2 atom stereocenters. The monoisotopic (exact) mass is 246 g/mol. The second kappa shape index (κ2) is 8.03. The van der Waals surface area contributed by atoms with Gasteiger partial charge in [-0.1, -0.05) is 13.8 Å². The minimum atomic E-state index is -0.953. The van der Waals surface area contributed by atoms with Gasteiger partial charge in [0, 0.05) is 13.5 Å². The SMILES string of the molecule is COCC(NC(=O)C(N)CCC(=O)O)C(C)C. The Hall–Kier alpha value is -1.14. The Balaban J connectivity index is 4.15. The highest BCUT2D eigenvalue weighted by molar-refractivity contribution is 5.82. The van der Waals surface area contributed by atoms with E-state index in [2.05, 4.69) is 5.32 Å². The zero-order valence-electron chi connectivity index (χ0n) is 10.6. The lowest BCUT2D eigenvalue weighted by Crippen LogP contribution is -2.49. The molecule has 4 N–H and O–H groups in total. The first-order valence-corrected chi connectivity index (χ1v) is 5.65. The van der Waals surface area contributed by atoms with Crippen LogP contribution in [0.15, 0.2) is 0 Å². The number of carboxylic acids is 1. The van der Waals surface area contributed by atoms with E-state index in [1.807, 2.05) is 13.8 Å². The number of hydrogen-bond donors (Lipinski definition) is 3. The summed E-state index contributed by atoms with van der Waals surface area (Å²) >= 11 is 0. The number of carbonyl (C=O) groups excluding carboxylic acids is 1. The third-order valence-corrected chi connectivity index (χ3v) is 2.48. The van der Waals surface area contributed by atoms with Crippen LogP contribution in [0.25, 0.3) is 0 Å². The molecule has 0 aliphatic rings. The van der Waals surface area contributed by atoms with Gasteiger partial charge in [-0.3, -0.25) is 9.59 Å². The smallest absolute Gasteiger partial charge is 0.303 e. The fourth-order valence-electron chi connectivity index (χ4n) is 1.28. The summed E-state index contributed by atoms with van der Waals surface area (Å²) in [7, 11) is 1.56. The summed E-state index contributed by atoms with van der Waals surface area (Å²) in [5.41, 5.74) is 5.59. The van der Waals surface area contributed by atoms with Crippen molar-refractivity contribution in [2.45, 2.75) is 38.8 Å². The number of aliphatic carboxylic acids is 1. The molecule has 17 heavy (non-hydrogen) atoms. The van der Waals surface area contributed by atoms with Gasteiger partial charge in [-0.25, -0.2) is 0 Å². The molecular formula is C11H22N2O4. The van der Waals surface area contributed by atoms with Crippen LogP contribution in [0.3, 0.4) is 0 Å². The van der Waals surface area contributed by atoms with E-state index in [0.717, 1.165) is 0 Å². The summed E-state index contributed by atoms with van der Waals surface area (Å²) in [4.78, 5) is 22.0. The van der Waals surface area contributed by atoms with E-state index in [1.165, 1.54) is 0 Å². The molecule has 0 aromatic heterocycles. The highest BCUT2D eigenvalue weighted by atomic mass is 16.5. The highest BCUT2D eigenvalue weighted by Gasteiger charge is 2.20. The van der Waals surface area contributed by atoms with Gasteiger partial charge < -0.3 is 20.9 Å². The van der Waals surface area contributed by atoms with Crippen LogP contribution >= 0.6 is 0 Å². The lowest BCUT2D eigenvalue weighted by molar-refractivity contribution is -0.137. The van der Waals surface area contributed by atoms with Crippen molar-refractivity contribution in [3.63, 3.8) is 0 Å². The number of nitrogens with one attached hydrogen (secondary N) is 1. The Morgan fingerprint density at radius 3 is 2.41 bits per heavy atom. The van der Waals surface area contributed by atoms with Crippen molar-refractivity contribution in [2.24, 2.45) is 11.7 Å². The summed E-state index contributed by atoms with van der Waals surface area (Å²) in [6.07, 6.45) is 0.0319. The number of hydrogen-bond acceptors (Lipinski definition) is 4. The maximum absolute atomic E-state index is 11.7. The van der Waals surface area contributed by atoms with Gasteiger partial charge in [0.25, 0.3) is 0 Å². The molecule has 0 aliphatic carbocycles. The number of nitrogens with two attached hydrogens (primary N) is 1. The largest absolute Gasteiger partial charge is 0.481 e. The molecule has 1 amide bonds. The number of methoxy groups -OCH3 is 1. The lowest BCUT2D eigenvalue weighted by atomic mass is 10.0. The molecule has 0 saturated heterocycles. The van der Waals surface area contributed by atoms with Crippen LogP contribution in [0, 0.1) is 5.92 Å². The first-order valence-electron chi connectivity index (χ1n) is 5.65. The van der Waals surface area contributed by atoms with E-state index < -0.39 is 12.0 Å². The number of ether oxygens (including phenoxy) is 1. The van der Waals surface area contributed by atoms with Crippen LogP contribution in [0.1, 0.15) is 26.7 Å². The van der Waals surface area contributed by atoms with E-state index >= 15 is 0 Å². The number of rotatable bonds is 8. The van der Waals surface area contributed by atoms with Gasteiger partial charge in [0.05, 0.1) is 18.7 Å². The van der Waals surface area contributed by atoms with E-state index in [-0.39, 0.29) is 30.7 Å². The molecular weight excluding hydrogens is 224 g/mol. The minimum Gasteiger partial charge on any atom is -0.481 e. The second-order valence-electron chi connectivity index (χ2n) is 4.35. The summed E-state index contributed by atoms with van der Waals surface area (Å²) in [5.74, 6) is -1.06. The molecule has 0 spiro atoms. The molecule has 0 aromatic carbocycles. The van der Waals surface area contributed by atoms with Crippen LogP contribution in [0.4, 0.5) is 0 Å².